The van der Waals surface area contributed by atoms with Crippen LogP contribution in [0.2, 0.25) is 0 Å². The normalized spacial score (nSPS) is 15.6. The summed E-state index contributed by atoms with van der Waals surface area (Å²) in [5.41, 5.74) is 18.0. The van der Waals surface area contributed by atoms with E-state index in [1.165, 1.54) is 6.08 Å². The molecular weight excluding hydrogens is 428 g/mol. The van der Waals surface area contributed by atoms with Crippen molar-refractivity contribution >= 4 is 23.7 Å². The molecule has 33 heavy (non-hydrogen) atoms. The van der Waals surface area contributed by atoms with Crippen molar-refractivity contribution in [1.82, 2.24) is 10.2 Å². The number of guanidine groups is 1. The SMILES string of the molecule is NC(N)=NCCC[C@@H](/C=C/C(=O)O)NC(=O)[C@@H](N)Cc1ccc(C(=O)N2CCOCC2)cc1. The van der Waals surface area contributed by atoms with E-state index in [0.717, 1.165) is 11.6 Å². The van der Waals surface area contributed by atoms with Crippen LogP contribution in [-0.2, 0) is 20.7 Å². The van der Waals surface area contributed by atoms with Crippen LogP contribution in [0.4, 0.5) is 0 Å². The molecule has 0 bridgehead atoms. The highest BCUT2D eigenvalue weighted by Crippen LogP contribution is 2.11. The molecule has 11 nitrogen and oxygen atoms in total. The van der Waals surface area contributed by atoms with Crippen LogP contribution in [0.15, 0.2) is 41.4 Å². The second-order valence-electron chi connectivity index (χ2n) is 7.67. The Morgan fingerprint density at radius 1 is 1.18 bits per heavy atom. The molecule has 180 valence electrons. The number of carbonyl (C=O) groups is 3. The highest BCUT2D eigenvalue weighted by atomic mass is 16.5. The van der Waals surface area contributed by atoms with Gasteiger partial charge in [-0.1, -0.05) is 18.2 Å². The molecule has 1 aliphatic rings. The number of carboxylic acids is 1. The van der Waals surface area contributed by atoms with Crippen molar-refractivity contribution in [2.45, 2.75) is 31.3 Å². The summed E-state index contributed by atoms with van der Waals surface area (Å²) in [7, 11) is 0. The number of benzene rings is 1. The van der Waals surface area contributed by atoms with Crippen molar-refractivity contribution < 1.29 is 24.2 Å². The Labute approximate surface area is 192 Å². The van der Waals surface area contributed by atoms with Crippen LogP contribution in [0.1, 0.15) is 28.8 Å². The largest absolute Gasteiger partial charge is 0.478 e. The number of aliphatic imine (C=N–C) groups is 1. The zero-order chi connectivity index (χ0) is 24.2. The molecule has 2 atom stereocenters. The van der Waals surface area contributed by atoms with E-state index in [1.54, 1.807) is 29.2 Å². The quantitative estimate of drug-likeness (QED) is 0.123. The lowest BCUT2D eigenvalue weighted by molar-refractivity contribution is -0.131. The molecule has 0 aliphatic carbocycles. The maximum atomic E-state index is 12.6. The Bertz CT molecular complexity index is 861. The van der Waals surface area contributed by atoms with Crippen molar-refractivity contribution in [1.29, 1.82) is 0 Å². The molecule has 0 aromatic heterocycles. The summed E-state index contributed by atoms with van der Waals surface area (Å²) in [6.07, 6.45) is 3.62. The topological polar surface area (TPSA) is 186 Å². The van der Waals surface area contributed by atoms with E-state index in [0.29, 0.717) is 51.3 Å². The third-order valence-electron chi connectivity index (χ3n) is 5.06. The van der Waals surface area contributed by atoms with Crippen LogP contribution < -0.4 is 22.5 Å². The molecule has 2 amide bonds. The monoisotopic (exact) mass is 460 g/mol. The number of nitrogens with one attached hydrogen (secondary N) is 1. The van der Waals surface area contributed by atoms with Crippen molar-refractivity contribution in [2.24, 2.45) is 22.2 Å². The fourth-order valence-electron chi connectivity index (χ4n) is 3.30. The molecule has 0 spiro atoms. The van der Waals surface area contributed by atoms with Crippen molar-refractivity contribution in [3.8, 4) is 0 Å². The Morgan fingerprint density at radius 2 is 1.85 bits per heavy atom. The maximum absolute atomic E-state index is 12.6. The highest BCUT2D eigenvalue weighted by Gasteiger charge is 2.20. The van der Waals surface area contributed by atoms with E-state index in [4.69, 9.17) is 27.0 Å². The molecule has 1 aromatic carbocycles. The number of hydrogen-bond donors (Lipinski definition) is 5. The first-order chi connectivity index (χ1) is 15.8. The zero-order valence-electron chi connectivity index (χ0n) is 18.5. The average molecular weight is 461 g/mol. The van der Waals surface area contributed by atoms with Crippen LogP contribution in [0.3, 0.4) is 0 Å². The summed E-state index contributed by atoms with van der Waals surface area (Å²) in [5.74, 6) is -1.61. The average Bonchev–Trinajstić information content (AvgIpc) is 2.80. The van der Waals surface area contributed by atoms with Gasteiger partial charge in [-0.15, -0.1) is 0 Å². The Morgan fingerprint density at radius 3 is 2.45 bits per heavy atom. The number of nitrogens with zero attached hydrogens (tertiary/aromatic N) is 2. The van der Waals surface area contributed by atoms with Gasteiger partial charge in [0, 0.05) is 37.3 Å². The van der Waals surface area contributed by atoms with E-state index < -0.39 is 24.0 Å². The number of rotatable bonds is 11. The fourth-order valence-corrected chi connectivity index (χ4v) is 3.30. The Kier molecular flexibility index (Phi) is 10.3. The second kappa shape index (κ2) is 13.2. The summed E-state index contributed by atoms with van der Waals surface area (Å²) in [4.78, 5) is 41.6. The van der Waals surface area contributed by atoms with E-state index in [9.17, 15) is 14.4 Å². The predicted octanol–water partition coefficient (Wildman–Crippen LogP) is -0.792. The van der Waals surface area contributed by atoms with Gasteiger partial charge in [-0.3, -0.25) is 14.6 Å². The minimum absolute atomic E-state index is 0.0312. The van der Waals surface area contributed by atoms with Gasteiger partial charge in [0.2, 0.25) is 5.91 Å². The highest BCUT2D eigenvalue weighted by molar-refractivity contribution is 5.94. The van der Waals surface area contributed by atoms with Crippen LogP contribution in [0.5, 0.6) is 0 Å². The first-order valence-corrected chi connectivity index (χ1v) is 10.7. The van der Waals surface area contributed by atoms with Crippen LogP contribution in [-0.4, -0.2) is 78.7 Å². The molecular formula is C22H32N6O5. The third kappa shape index (κ3) is 9.29. The molecule has 1 aromatic rings. The molecule has 0 radical (unpaired) electrons. The number of morpholine rings is 1. The number of amides is 2. The summed E-state index contributed by atoms with van der Waals surface area (Å²) < 4.78 is 5.27. The smallest absolute Gasteiger partial charge is 0.328 e. The van der Waals surface area contributed by atoms with Gasteiger partial charge >= 0.3 is 5.97 Å². The van der Waals surface area contributed by atoms with Gasteiger partial charge in [0.15, 0.2) is 5.96 Å². The standard InChI is InChI=1S/C22H32N6O5/c23-18(20(31)27-17(7-8-19(29)30)2-1-9-26-22(24)25)14-15-3-5-16(6-4-15)21(32)28-10-12-33-13-11-28/h3-8,17-18H,1-2,9-14,23H2,(H,27,31)(H,29,30)(H4,24,25,26)/b8-7+/t17-,18-/m0/s1. The molecule has 2 rings (SSSR count). The van der Waals surface area contributed by atoms with E-state index in [1.807, 2.05) is 0 Å². The molecule has 1 saturated heterocycles. The third-order valence-corrected chi connectivity index (χ3v) is 5.06. The van der Waals surface area contributed by atoms with Crippen molar-refractivity contribution in [3.63, 3.8) is 0 Å². The van der Waals surface area contributed by atoms with E-state index in [-0.39, 0.29) is 18.3 Å². The number of hydrogen-bond acceptors (Lipinski definition) is 6. The van der Waals surface area contributed by atoms with Crippen LogP contribution in [0.25, 0.3) is 0 Å². The molecule has 1 fully saturated rings. The molecule has 1 heterocycles. The van der Waals surface area contributed by atoms with Crippen molar-refractivity contribution in [3.05, 3.63) is 47.5 Å². The first-order valence-electron chi connectivity index (χ1n) is 10.7. The maximum Gasteiger partial charge on any atom is 0.328 e. The summed E-state index contributed by atoms with van der Waals surface area (Å²) in [5, 5.41) is 11.6. The molecule has 0 unspecified atom stereocenters. The van der Waals surface area contributed by atoms with Gasteiger partial charge in [0.1, 0.15) is 0 Å². The van der Waals surface area contributed by atoms with Gasteiger partial charge in [0.05, 0.1) is 19.3 Å². The second-order valence-corrected chi connectivity index (χ2v) is 7.67. The van der Waals surface area contributed by atoms with Gasteiger partial charge in [-0.2, -0.15) is 0 Å². The Hall–Kier alpha value is -3.44. The lowest BCUT2D eigenvalue weighted by Crippen LogP contribution is -2.46. The molecule has 1 aliphatic heterocycles. The van der Waals surface area contributed by atoms with Crippen molar-refractivity contribution in [2.75, 3.05) is 32.8 Å². The number of carbonyl (C=O) groups excluding carboxylic acids is 2. The summed E-state index contributed by atoms with van der Waals surface area (Å²) in [6.45, 7) is 2.55. The lowest BCUT2D eigenvalue weighted by atomic mass is 10.0. The van der Waals surface area contributed by atoms with Crippen LogP contribution in [0, 0.1) is 0 Å². The fraction of sp³-hybridized carbons (Fsp3) is 0.455. The minimum Gasteiger partial charge on any atom is -0.478 e. The number of nitrogens with two attached hydrogens (primary N) is 3. The number of ether oxygens (including phenoxy) is 1. The first kappa shape index (κ1) is 25.8. The minimum atomic E-state index is -1.12. The molecule has 0 saturated carbocycles. The predicted molar refractivity (Wildman–Crippen MR) is 123 cm³/mol. The number of aliphatic carboxylic acids is 1. The van der Waals surface area contributed by atoms with Gasteiger partial charge < -0.3 is 37.3 Å². The number of carboxylic acid groups (broad SMARTS) is 1. The van der Waals surface area contributed by atoms with Crippen LogP contribution >= 0.6 is 0 Å². The summed E-state index contributed by atoms with van der Waals surface area (Å²) >= 11 is 0. The summed E-state index contributed by atoms with van der Waals surface area (Å²) in [6, 6.07) is 5.63. The van der Waals surface area contributed by atoms with E-state index >= 15 is 0 Å². The zero-order valence-corrected chi connectivity index (χ0v) is 18.5. The van der Waals surface area contributed by atoms with Gasteiger partial charge in [0.25, 0.3) is 5.91 Å². The molecule has 8 N–H and O–H groups in total. The lowest BCUT2D eigenvalue weighted by Gasteiger charge is -2.26. The van der Waals surface area contributed by atoms with Gasteiger partial charge in [-0.25, -0.2) is 4.79 Å². The van der Waals surface area contributed by atoms with E-state index in [2.05, 4.69) is 10.3 Å². The Balaban J connectivity index is 1.91. The molecule has 11 heteroatoms. The van der Waals surface area contributed by atoms with Gasteiger partial charge in [-0.05, 0) is 37.0 Å².